The van der Waals surface area contributed by atoms with E-state index in [2.05, 4.69) is 6.92 Å². The standard InChI is InChI=1S/C13H25NO2/c1-2-3-4-12(14)11-5-7-16-13(9-11)6-8-15-10-13/h11-12H,2-10,14H2,1H3. The molecule has 0 saturated carbocycles. The fourth-order valence-electron chi connectivity index (χ4n) is 2.97. The second kappa shape index (κ2) is 5.48. The first kappa shape index (κ1) is 12.3. The van der Waals surface area contributed by atoms with Gasteiger partial charge in [0.1, 0.15) is 0 Å². The van der Waals surface area contributed by atoms with E-state index >= 15 is 0 Å². The van der Waals surface area contributed by atoms with Crippen molar-refractivity contribution >= 4 is 0 Å². The van der Waals surface area contributed by atoms with Gasteiger partial charge >= 0.3 is 0 Å². The second-order valence-electron chi connectivity index (χ2n) is 5.39. The fraction of sp³-hybridized carbons (Fsp3) is 1.00. The highest BCUT2D eigenvalue weighted by atomic mass is 16.6. The van der Waals surface area contributed by atoms with Crippen molar-refractivity contribution in [2.75, 3.05) is 19.8 Å². The molecular formula is C13H25NO2. The van der Waals surface area contributed by atoms with Gasteiger partial charge in [-0.3, -0.25) is 0 Å². The van der Waals surface area contributed by atoms with Crippen LogP contribution in [-0.4, -0.2) is 31.5 Å². The van der Waals surface area contributed by atoms with Crippen molar-refractivity contribution in [1.29, 1.82) is 0 Å². The van der Waals surface area contributed by atoms with Crippen LogP contribution in [0, 0.1) is 5.92 Å². The van der Waals surface area contributed by atoms with E-state index < -0.39 is 0 Å². The Hall–Kier alpha value is -0.120. The Labute approximate surface area is 98.7 Å². The molecule has 2 aliphatic rings. The molecule has 2 fully saturated rings. The Bertz CT molecular complexity index is 214. The van der Waals surface area contributed by atoms with Crippen LogP contribution < -0.4 is 5.73 Å². The predicted molar refractivity (Wildman–Crippen MR) is 64.3 cm³/mol. The van der Waals surface area contributed by atoms with Crippen LogP contribution in [0.3, 0.4) is 0 Å². The molecule has 3 nitrogen and oxygen atoms in total. The van der Waals surface area contributed by atoms with Gasteiger partial charge in [-0.25, -0.2) is 0 Å². The highest BCUT2D eigenvalue weighted by Crippen LogP contribution is 2.37. The molecule has 3 atom stereocenters. The second-order valence-corrected chi connectivity index (χ2v) is 5.39. The number of hydrogen-bond acceptors (Lipinski definition) is 3. The summed E-state index contributed by atoms with van der Waals surface area (Å²) in [7, 11) is 0. The predicted octanol–water partition coefficient (Wildman–Crippen LogP) is 2.09. The Morgan fingerprint density at radius 3 is 3.00 bits per heavy atom. The van der Waals surface area contributed by atoms with E-state index in [1.54, 1.807) is 0 Å². The van der Waals surface area contributed by atoms with Crippen LogP contribution in [0.2, 0.25) is 0 Å². The average Bonchev–Trinajstić information content (AvgIpc) is 2.74. The highest BCUT2D eigenvalue weighted by Gasteiger charge is 2.42. The Morgan fingerprint density at radius 2 is 2.31 bits per heavy atom. The zero-order valence-corrected chi connectivity index (χ0v) is 10.4. The van der Waals surface area contributed by atoms with E-state index in [4.69, 9.17) is 15.2 Å². The van der Waals surface area contributed by atoms with Gasteiger partial charge in [-0.2, -0.15) is 0 Å². The molecular weight excluding hydrogens is 202 g/mol. The lowest BCUT2D eigenvalue weighted by Gasteiger charge is -2.39. The van der Waals surface area contributed by atoms with Gasteiger partial charge in [0.05, 0.1) is 12.2 Å². The molecule has 0 amide bonds. The van der Waals surface area contributed by atoms with Crippen LogP contribution in [0.25, 0.3) is 0 Å². The van der Waals surface area contributed by atoms with Crippen molar-refractivity contribution in [2.45, 2.75) is 57.1 Å². The van der Waals surface area contributed by atoms with Gasteiger partial charge < -0.3 is 15.2 Å². The lowest BCUT2D eigenvalue weighted by molar-refractivity contribution is -0.101. The van der Waals surface area contributed by atoms with Crippen molar-refractivity contribution in [3.8, 4) is 0 Å². The molecule has 0 aromatic heterocycles. The third kappa shape index (κ3) is 2.76. The van der Waals surface area contributed by atoms with Gasteiger partial charge in [-0.15, -0.1) is 0 Å². The van der Waals surface area contributed by atoms with Crippen molar-refractivity contribution in [3.05, 3.63) is 0 Å². The molecule has 94 valence electrons. The van der Waals surface area contributed by atoms with E-state index in [1.165, 1.54) is 12.8 Å². The van der Waals surface area contributed by atoms with Crippen molar-refractivity contribution in [1.82, 2.24) is 0 Å². The SMILES string of the molecule is CCCCC(N)C1CCOC2(CCOC2)C1. The molecule has 2 rings (SSSR count). The van der Waals surface area contributed by atoms with Crippen LogP contribution in [0.1, 0.15) is 45.4 Å². The molecule has 2 heterocycles. The number of rotatable bonds is 4. The summed E-state index contributed by atoms with van der Waals surface area (Å²) in [6, 6.07) is 0.362. The smallest absolute Gasteiger partial charge is 0.0939 e. The Kier molecular flexibility index (Phi) is 4.22. The summed E-state index contributed by atoms with van der Waals surface area (Å²) >= 11 is 0. The molecule has 3 heteroatoms. The maximum absolute atomic E-state index is 6.29. The minimum Gasteiger partial charge on any atom is -0.378 e. The summed E-state index contributed by atoms with van der Waals surface area (Å²) < 4.78 is 11.4. The van der Waals surface area contributed by atoms with Crippen molar-refractivity contribution < 1.29 is 9.47 Å². The Morgan fingerprint density at radius 1 is 1.44 bits per heavy atom. The van der Waals surface area contributed by atoms with Gasteiger partial charge in [0.15, 0.2) is 0 Å². The van der Waals surface area contributed by atoms with Crippen LogP contribution in [0.4, 0.5) is 0 Å². The maximum atomic E-state index is 6.29. The third-order valence-electron chi connectivity index (χ3n) is 4.09. The van der Waals surface area contributed by atoms with Crippen LogP contribution in [0.5, 0.6) is 0 Å². The summed E-state index contributed by atoms with van der Waals surface area (Å²) in [4.78, 5) is 0. The highest BCUT2D eigenvalue weighted by molar-refractivity contribution is 4.92. The number of nitrogens with two attached hydrogens (primary N) is 1. The van der Waals surface area contributed by atoms with Gasteiger partial charge in [0.2, 0.25) is 0 Å². The minimum atomic E-state index is 0.0206. The first-order valence-corrected chi connectivity index (χ1v) is 6.73. The van der Waals surface area contributed by atoms with Crippen molar-refractivity contribution in [2.24, 2.45) is 11.7 Å². The minimum absolute atomic E-state index is 0.0206. The van der Waals surface area contributed by atoms with Crippen LogP contribution in [0.15, 0.2) is 0 Å². The van der Waals surface area contributed by atoms with Gasteiger partial charge in [-0.1, -0.05) is 19.8 Å². The Balaban J connectivity index is 1.85. The largest absolute Gasteiger partial charge is 0.378 e. The van der Waals surface area contributed by atoms with E-state index in [9.17, 15) is 0 Å². The molecule has 3 unspecified atom stereocenters. The van der Waals surface area contributed by atoms with Gasteiger partial charge in [0, 0.05) is 25.7 Å². The normalized spacial score (nSPS) is 36.8. The first-order valence-electron chi connectivity index (χ1n) is 6.73. The lowest BCUT2D eigenvalue weighted by atomic mass is 9.80. The molecule has 16 heavy (non-hydrogen) atoms. The zero-order chi connectivity index (χ0) is 11.4. The number of hydrogen-bond donors (Lipinski definition) is 1. The van der Waals surface area contributed by atoms with E-state index in [-0.39, 0.29) is 5.60 Å². The summed E-state index contributed by atoms with van der Waals surface area (Å²) in [6.45, 7) is 4.73. The molecule has 0 aromatic carbocycles. The van der Waals surface area contributed by atoms with Gasteiger partial charge in [0.25, 0.3) is 0 Å². The topological polar surface area (TPSA) is 44.5 Å². The van der Waals surface area contributed by atoms with Crippen LogP contribution >= 0.6 is 0 Å². The molecule has 0 radical (unpaired) electrons. The molecule has 1 spiro atoms. The lowest BCUT2D eigenvalue weighted by Crippen LogP contribution is -2.45. The molecule has 0 aromatic rings. The molecule has 2 aliphatic heterocycles. The zero-order valence-electron chi connectivity index (χ0n) is 10.4. The first-order chi connectivity index (χ1) is 7.76. The molecule has 0 bridgehead atoms. The average molecular weight is 227 g/mol. The maximum Gasteiger partial charge on any atom is 0.0939 e. The summed E-state index contributed by atoms with van der Waals surface area (Å²) in [6.07, 6.45) is 6.96. The fourth-order valence-corrected chi connectivity index (χ4v) is 2.97. The molecule has 2 saturated heterocycles. The van der Waals surface area contributed by atoms with E-state index in [0.29, 0.717) is 12.0 Å². The van der Waals surface area contributed by atoms with E-state index in [1.807, 2.05) is 0 Å². The third-order valence-corrected chi connectivity index (χ3v) is 4.09. The summed E-state index contributed by atoms with van der Waals surface area (Å²) in [5, 5.41) is 0. The van der Waals surface area contributed by atoms with E-state index in [0.717, 1.165) is 45.5 Å². The van der Waals surface area contributed by atoms with Crippen molar-refractivity contribution in [3.63, 3.8) is 0 Å². The van der Waals surface area contributed by atoms with Crippen LogP contribution in [-0.2, 0) is 9.47 Å². The quantitative estimate of drug-likeness (QED) is 0.800. The molecule has 2 N–H and O–H groups in total. The molecule has 0 aliphatic carbocycles. The monoisotopic (exact) mass is 227 g/mol. The number of unbranched alkanes of at least 4 members (excludes halogenated alkanes) is 1. The van der Waals surface area contributed by atoms with Gasteiger partial charge in [-0.05, 0) is 25.2 Å². The summed E-state index contributed by atoms with van der Waals surface area (Å²) in [5.41, 5.74) is 6.31. The number of ether oxygens (including phenoxy) is 2. The summed E-state index contributed by atoms with van der Waals surface area (Å²) in [5.74, 6) is 0.641.